The molecule has 2 aromatic carbocycles. The molecule has 0 saturated carbocycles. The first kappa shape index (κ1) is 18.1. The van der Waals surface area contributed by atoms with Crippen molar-refractivity contribution in [2.45, 2.75) is 19.8 Å². The van der Waals surface area contributed by atoms with E-state index in [1.165, 1.54) is 24.6 Å². The van der Waals surface area contributed by atoms with Crippen LogP contribution in [0.1, 0.15) is 18.4 Å². The molecule has 4 rings (SSSR count). The molecule has 0 bridgehead atoms. The van der Waals surface area contributed by atoms with Crippen LogP contribution in [-0.2, 0) is 4.79 Å². The Morgan fingerprint density at radius 1 is 1.11 bits per heavy atom. The van der Waals surface area contributed by atoms with E-state index in [2.05, 4.69) is 10.2 Å². The molecule has 1 N–H and O–H groups in total. The van der Waals surface area contributed by atoms with Crippen molar-refractivity contribution in [2.24, 2.45) is 0 Å². The zero-order chi connectivity index (χ0) is 19.5. The Hall–Kier alpha value is -3.28. The fraction of sp³-hybridized carbons (Fsp3) is 0.273. The maximum Gasteiger partial charge on any atom is 0.336 e. The molecule has 0 atom stereocenters. The maximum atomic E-state index is 12.2. The summed E-state index contributed by atoms with van der Waals surface area (Å²) in [5, 5.41) is 3.67. The Bertz CT molecular complexity index is 1050. The fourth-order valence-electron chi connectivity index (χ4n) is 3.47. The second-order valence-corrected chi connectivity index (χ2v) is 6.98. The number of carbonyl (C=O) groups excluding carboxylic acids is 1. The normalized spacial score (nSPS) is 13.7. The lowest BCUT2D eigenvalue weighted by Crippen LogP contribution is -2.20. The summed E-state index contributed by atoms with van der Waals surface area (Å²) in [5.41, 5.74) is 2.79. The Morgan fingerprint density at radius 2 is 1.86 bits per heavy atom. The molecule has 0 unspecified atom stereocenters. The maximum absolute atomic E-state index is 12.2. The van der Waals surface area contributed by atoms with Crippen molar-refractivity contribution >= 4 is 28.3 Å². The lowest BCUT2D eigenvalue weighted by atomic mass is 10.1. The highest BCUT2D eigenvalue weighted by Crippen LogP contribution is 2.23. The number of carbonyl (C=O) groups is 1. The molecular weight excluding hydrogens is 356 g/mol. The van der Waals surface area contributed by atoms with E-state index in [1.807, 2.05) is 37.3 Å². The van der Waals surface area contributed by atoms with E-state index in [4.69, 9.17) is 9.15 Å². The predicted molar refractivity (Wildman–Crippen MR) is 109 cm³/mol. The third-order valence-electron chi connectivity index (χ3n) is 4.92. The molecule has 1 saturated heterocycles. The third-order valence-corrected chi connectivity index (χ3v) is 4.92. The first-order valence-electron chi connectivity index (χ1n) is 9.41. The van der Waals surface area contributed by atoms with E-state index < -0.39 is 5.63 Å². The second kappa shape index (κ2) is 7.76. The molecule has 2 heterocycles. The van der Waals surface area contributed by atoms with Crippen LogP contribution in [0.4, 0.5) is 11.4 Å². The molecule has 0 radical (unpaired) electrons. The predicted octanol–water partition coefficient (Wildman–Crippen LogP) is 3.72. The van der Waals surface area contributed by atoms with Gasteiger partial charge in [-0.05, 0) is 61.7 Å². The Morgan fingerprint density at radius 3 is 2.61 bits per heavy atom. The number of rotatable bonds is 5. The minimum Gasteiger partial charge on any atom is -0.484 e. The summed E-state index contributed by atoms with van der Waals surface area (Å²) >= 11 is 0. The van der Waals surface area contributed by atoms with Gasteiger partial charge in [0.15, 0.2) is 6.61 Å². The highest BCUT2D eigenvalue weighted by Gasteiger charge is 2.12. The molecule has 1 aromatic heterocycles. The molecule has 0 aliphatic carbocycles. The number of benzene rings is 2. The van der Waals surface area contributed by atoms with Gasteiger partial charge in [-0.25, -0.2) is 4.79 Å². The van der Waals surface area contributed by atoms with Crippen LogP contribution in [0.5, 0.6) is 5.75 Å². The first-order valence-corrected chi connectivity index (χ1v) is 9.41. The van der Waals surface area contributed by atoms with Gasteiger partial charge in [0.25, 0.3) is 5.91 Å². The number of nitrogens with one attached hydrogen (secondary N) is 1. The van der Waals surface area contributed by atoms with Crippen molar-refractivity contribution in [3.05, 3.63) is 64.5 Å². The average Bonchev–Trinajstić information content (AvgIpc) is 3.21. The number of fused-ring (bicyclic) bond motifs is 1. The molecule has 1 aliphatic rings. The van der Waals surface area contributed by atoms with Crippen molar-refractivity contribution < 1.29 is 13.9 Å². The van der Waals surface area contributed by atoms with Crippen LogP contribution in [0.25, 0.3) is 11.0 Å². The number of hydrogen-bond donors (Lipinski definition) is 1. The smallest absolute Gasteiger partial charge is 0.336 e. The van der Waals surface area contributed by atoms with Gasteiger partial charge < -0.3 is 19.4 Å². The van der Waals surface area contributed by atoms with Crippen molar-refractivity contribution in [2.75, 3.05) is 29.9 Å². The Balaban J connectivity index is 1.36. The highest BCUT2D eigenvalue weighted by atomic mass is 16.5. The second-order valence-electron chi connectivity index (χ2n) is 6.98. The number of amides is 1. The van der Waals surface area contributed by atoms with Gasteiger partial charge >= 0.3 is 5.63 Å². The van der Waals surface area contributed by atoms with Crippen molar-refractivity contribution in [3.8, 4) is 5.75 Å². The topological polar surface area (TPSA) is 71.8 Å². The van der Waals surface area contributed by atoms with Crippen molar-refractivity contribution in [1.82, 2.24) is 0 Å². The zero-order valence-corrected chi connectivity index (χ0v) is 15.7. The molecule has 1 aliphatic heterocycles. The lowest BCUT2D eigenvalue weighted by Gasteiger charge is -2.17. The van der Waals surface area contributed by atoms with Crippen LogP contribution in [-0.4, -0.2) is 25.6 Å². The van der Waals surface area contributed by atoms with Gasteiger partial charge in [-0.3, -0.25) is 4.79 Å². The van der Waals surface area contributed by atoms with Crippen LogP contribution >= 0.6 is 0 Å². The highest BCUT2D eigenvalue weighted by molar-refractivity contribution is 5.92. The molecule has 144 valence electrons. The molecular formula is C22H22N2O4. The quantitative estimate of drug-likeness (QED) is 0.685. The number of anilines is 2. The van der Waals surface area contributed by atoms with E-state index in [1.54, 1.807) is 12.1 Å². The van der Waals surface area contributed by atoms with E-state index in [-0.39, 0.29) is 12.5 Å². The van der Waals surface area contributed by atoms with Gasteiger partial charge in [0.05, 0.1) is 0 Å². The third kappa shape index (κ3) is 4.01. The molecule has 6 nitrogen and oxygen atoms in total. The number of aryl methyl sites for hydroxylation is 1. The standard InChI is InChI=1S/C22H22N2O4/c1-15-12-22(26)28-20-13-18(8-9-19(15)20)27-14-21(25)23-16-4-6-17(7-5-16)24-10-2-3-11-24/h4-9,12-13H,2-3,10-11,14H2,1H3,(H,23,25). The molecule has 6 heteroatoms. The SMILES string of the molecule is Cc1cc(=O)oc2cc(OCC(=O)Nc3ccc(N4CCCC4)cc3)ccc12. The molecule has 0 spiro atoms. The number of ether oxygens (including phenoxy) is 1. The monoisotopic (exact) mass is 378 g/mol. The summed E-state index contributed by atoms with van der Waals surface area (Å²) in [7, 11) is 0. The van der Waals surface area contributed by atoms with Gasteiger partial charge in [-0.2, -0.15) is 0 Å². The van der Waals surface area contributed by atoms with Crippen LogP contribution < -0.4 is 20.6 Å². The summed E-state index contributed by atoms with van der Waals surface area (Å²) < 4.78 is 10.7. The van der Waals surface area contributed by atoms with Gasteiger partial charge in [0.2, 0.25) is 0 Å². The van der Waals surface area contributed by atoms with Crippen molar-refractivity contribution in [3.63, 3.8) is 0 Å². The summed E-state index contributed by atoms with van der Waals surface area (Å²) in [6.45, 7) is 3.90. The fourth-order valence-corrected chi connectivity index (χ4v) is 3.47. The van der Waals surface area contributed by atoms with Gasteiger partial charge in [-0.1, -0.05) is 0 Å². The number of hydrogen-bond acceptors (Lipinski definition) is 5. The lowest BCUT2D eigenvalue weighted by molar-refractivity contribution is -0.118. The minimum atomic E-state index is -0.405. The largest absolute Gasteiger partial charge is 0.484 e. The Kier molecular flexibility index (Phi) is 5.02. The summed E-state index contributed by atoms with van der Waals surface area (Å²) in [6, 6.07) is 14.5. The van der Waals surface area contributed by atoms with Crippen LogP contribution in [0.15, 0.2) is 57.7 Å². The molecule has 1 fully saturated rings. The molecule has 1 amide bonds. The summed E-state index contributed by atoms with van der Waals surface area (Å²) in [6.07, 6.45) is 2.46. The van der Waals surface area contributed by atoms with Crippen LogP contribution in [0.2, 0.25) is 0 Å². The van der Waals surface area contributed by atoms with Crippen LogP contribution in [0, 0.1) is 6.92 Å². The molecule has 3 aromatic rings. The van der Waals surface area contributed by atoms with E-state index in [9.17, 15) is 9.59 Å². The van der Waals surface area contributed by atoms with Gasteiger partial charge in [0, 0.05) is 42.0 Å². The summed E-state index contributed by atoms with van der Waals surface area (Å²) in [5.74, 6) is 0.223. The minimum absolute atomic E-state index is 0.130. The van der Waals surface area contributed by atoms with E-state index >= 15 is 0 Å². The summed E-state index contributed by atoms with van der Waals surface area (Å²) in [4.78, 5) is 26.0. The van der Waals surface area contributed by atoms with Crippen LogP contribution in [0.3, 0.4) is 0 Å². The zero-order valence-electron chi connectivity index (χ0n) is 15.7. The van der Waals surface area contributed by atoms with Gasteiger partial charge in [-0.15, -0.1) is 0 Å². The molecule has 28 heavy (non-hydrogen) atoms. The van der Waals surface area contributed by atoms with E-state index in [0.29, 0.717) is 11.3 Å². The first-order chi connectivity index (χ1) is 13.6. The van der Waals surface area contributed by atoms with E-state index in [0.717, 1.165) is 29.7 Å². The Labute approximate surface area is 162 Å². The van der Waals surface area contributed by atoms with Gasteiger partial charge in [0.1, 0.15) is 11.3 Å². The number of nitrogens with zero attached hydrogens (tertiary/aromatic N) is 1. The van der Waals surface area contributed by atoms with Crippen molar-refractivity contribution in [1.29, 1.82) is 0 Å². The average molecular weight is 378 g/mol.